The zero-order valence-electron chi connectivity index (χ0n) is 11.5. The van der Waals surface area contributed by atoms with Gasteiger partial charge in [-0.15, -0.1) is 22.0 Å². The average molecular weight is 351 g/mol. The first-order valence-corrected chi connectivity index (χ1v) is 8.37. The molecule has 0 saturated heterocycles. The Morgan fingerprint density at radius 3 is 2.55 bits per heavy atom. The molecular weight excluding hydrogens is 339 g/mol. The van der Waals surface area contributed by atoms with Gasteiger partial charge in [0, 0.05) is 21.2 Å². The Hall–Kier alpha value is -1.56. The molecule has 0 amide bonds. The summed E-state index contributed by atoms with van der Waals surface area (Å²) < 4.78 is 0. The summed E-state index contributed by atoms with van der Waals surface area (Å²) in [5.74, 6) is 1.39. The lowest BCUT2D eigenvalue weighted by molar-refractivity contribution is 0.557. The quantitative estimate of drug-likeness (QED) is 0.638. The van der Waals surface area contributed by atoms with Crippen molar-refractivity contribution in [3.8, 4) is 11.4 Å². The first-order valence-electron chi connectivity index (χ1n) is 6.63. The average Bonchev–Trinajstić information content (AvgIpc) is 2.98. The van der Waals surface area contributed by atoms with Gasteiger partial charge in [0.25, 0.3) is 0 Å². The van der Waals surface area contributed by atoms with Crippen molar-refractivity contribution in [2.45, 2.75) is 11.4 Å². The normalized spacial score (nSPS) is 10.8. The van der Waals surface area contributed by atoms with Gasteiger partial charge < -0.3 is 0 Å². The molecule has 0 aliphatic heterocycles. The van der Waals surface area contributed by atoms with Crippen LogP contribution in [0.3, 0.4) is 0 Å². The van der Waals surface area contributed by atoms with Crippen LogP contribution in [0, 0.1) is 0 Å². The molecule has 0 radical (unpaired) electrons. The molecule has 1 heterocycles. The molecule has 0 fully saturated rings. The molecule has 3 rings (SSSR count). The van der Waals surface area contributed by atoms with Crippen molar-refractivity contribution in [3.05, 3.63) is 58.6 Å². The van der Waals surface area contributed by atoms with Crippen molar-refractivity contribution in [1.29, 1.82) is 0 Å². The summed E-state index contributed by atoms with van der Waals surface area (Å²) in [5, 5.41) is 13.8. The molecule has 0 N–H and O–H groups in total. The Labute approximate surface area is 142 Å². The van der Waals surface area contributed by atoms with Crippen LogP contribution in [0.15, 0.2) is 53.4 Å². The van der Waals surface area contributed by atoms with Crippen molar-refractivity contribution in [2.75, 3.05) is 5.75 Å². The molecule has 0 spiro atoms. The van der Waals surface area contributed by atoms with Gasteiger partial charge in [-0.3, -0.25) is 0 Å². The van der Waals surface area contributed by atoms with Crippen LogP contribution in [0.1, 0.15) is 0 Å². The minimum atomic E-state index is 0.544. The highest BCUT2D eigenvalue weighted by Crippen LogP contribution is 2.24. The van der Waals surface area contributed by atoms with E-state index in [1.54, 1.807) is 16.6 Å². The third kappa shape index (κ3) is 3.80. The number of aryl methyl sites for hydroxylation is 1. The minimum Gasteiger partial charge on any atom is -0.163 e. The Bertz CT molecular complexity index is 758. The van der Waals surface area contributed by atoms with Gasteiger partial charge in [0.1, 0.15) is 0 Å². The van der Waals surface area contributed by atoms with Crippen LogP contribution in [0.4, 0.5) is 0 Å². The molecule has 7 heteroatoms. The third-order valence-corrected chi connectivity index (χ3v) is 4.52. The second-order valence-electron chi connectivity index (χ2n) is 4.49. The van der Waals surface area contributed by atoms with Crippen LogP contribution in [0.5, 0.6) is 0 Å². The van der Waals surface area contributed by atoms with Crippen LogP contribution in [-0.4, -0.2) is 26.0 Å². The number of aromatic nitrogens is 4. The third-order valence-electron chi connectivity index (χ3n) is 2.94. The van der Waals surface area contributed by atoms with Crippen molar-refractivity contribution < 1.29 is 0 Å². The maximum atomic E-state index is 6.13. The Morgan fingerprint density at radius 1 is 1.00 bits per heavy atom. The first kappa shape index (κ1) is 15.3. The van der Waals surface area contributed by atoms with Crippen molar-refractivity contribution in [2.24, 2.45) is 0 Å². The summed E-state index contributed by atoms with van der Waals surface area (Å²) in [4.78, 5) is 2.75. The largest absolute Gasteiger partial charge is 0.206 e. The van der Waals surface area contributed by atoms with Crippen molar-refractivity contribution >= 4 is 35.0 Å². The minimum absolute atomic E-state index is 0.544. The molecule has 22 heavy (non-hydrogen) atoms. The summed E-state index contributed by atoms with van der Waals surface area (Å²) in [6.07, 6.45) is 0. The van der Waals surface area contributed by atoms with Crippen molar-refractivity contribution in [3.63, 3.8) is 0 Å². The Balaban J connectivity index is 1.60. The fourth-order valence-electron chi connectivity index (χ4n) is 1.86. The summed E-state index contributed by atoms with van der Waals surface area (Å²) in [6, 6.07) is 15.2. The van der Waals surface area contributed by atoms with Gasteiger partial charge in [0.05, 0.1) is 11.6 Å². The molecule has 0 bridgehead atoms. The predicted octanol–water partition coefficient (Wildman–Crippen LogP) is 4.44. The number of tetrazole rings is 1. The lowest BCUT2D eigenvalue weighted by atomic mass is 10.2. The Kier molecular flexibility index (Phi) is 4.97. The maximum absolute atomic E-state index is 6.13. The summed E-state index contributed by atoms with van der Waals surface area (Å²) in [7, 11) is 0. The zero-order chi connectivity index (χ0) is 15.4. The summed E-state index contributed by atoms with van der Waals surface area (Å²) >= 11 is 13.7. The van der Waals surface area contributed by atoms with E-state index < -0.39 is 0 Å². The molecule has 0 atom stereocenters. The van der Waals surface area contributed by atoms with Gasteiger partial charge in [0.15, 0.2) is 0 Å². The highest BCUT2D eigenvalue weighted by atomic mass is 35.5. The second-order valence-corrected chi connectivity index (χ2v) is 6.50. The number of nitrogens with zero attached hydrogens (tertiary/aromatic N) is 4. The van der Waals surface area contributed by atoms with E-state index >= 15 is 0 Å². The van der Waals surface area contributed by atoms with Crippen LogP contribution in [0.2, 0.25) is 10.0 Å². The van der Waals surface area contributed by atoms with Crippen LogP contribution in [0.25, 0.3) is 11.4 Å². The topological polar surface area (TPSA) is 43.6 Å². The number of halogens is 2. The highest BCUT2D eigenvalue weighted by molar-refractivity contribution is 7.99. The number of rotatable bonds is 5. The molecule has 2 aromatic carbocycles. The van der Waals surface area contributed by atoms with E-state index in [2.05, 4.69) is 15.4 Å². The zero-order valence-corrected chi connectivity index (χ0v) is 13.8. The summed E-state index contributed by atoms with van der Waals surface area (Å²) in [5.41, 5.74) is 0.792. The van der Waals surface area contributed by atoms with E-state index in [4.69, 9.17) is 23.2 Å². The SMILES string of the molecule is Clc1ccc(SCCn2nnc(-c3ccccc3Cl)n2)cc1. The molecule has 0 saturated carbocycles. The lowest BCUT2D eigenvalue weighted by Crippen LogP contribution is -2.04. The molecule has 1 aromatic heterocycles. The van der Waals surface area contributed by atoms with E-state index in [-0.39, 0.29) is 0 Å². The monoisotopic (exact) mass is 350 g/mol. The van der Waals surface area contributed by atoms with Gasteiger partial charge >= 0.3 is 0 Å². The van der Waals surface area contributed by atoms with E-state index in [0.29, 0.717) is 17.4 Å². The van der Waals surface area contributed by atoms with Crippen LogP contribution in [-0.2, 0) is 6.54 Å². The van der Waals surface area contributed by atoms with Crippen LogP contribution >= 0.6 is 35.0 Å². The fourth-order valence-corrected chi connectivity index (χ4v) is 3.03. The standard InChI is InChI=1S/C15H12Cl2N4S/c16-11-5-7-12(8-6-11)22-10-9-21-19-15(18-20-21)13-3-1-2-4-14(13)17/h1-8H,9-10H2. The molecule has 3 aromatic rings. The molecule has 4 nitrogen and oxygen atoms in total. The molecule has 0 unspecified atom stereocenters. The molecule has 112 valence electrons. The highest BCUT2D eigenvalue weighted by Gasteiger charge is 2.09. The van der Waals surface area contributed by atoms with E-state index in [9.17, 15) is 0 Å². The van der Waals surface area contributed by atoms with Gasteiger partial charge in [-0.05, 0) is 41.6 Å². The van der Waals surface area contributed by atoms with E-state index in [0.717, 1.165) is 21.2 Å². The summed E-state index contributed by atoms with van der Waals surface area (Å²) in [6.45, 7) is 0.671. The second kappa shape index (κ2) is 7.13. The number of hydrogen-bond acceptors (Lipinski definition) is 4. The smallest absolute Gasteiger partial charge is 0.163 e. The van der Waals surface area contributed by atoms with Crippen LogP contribution < -0.4 is 0 Å². The number of hydrogen-bond donors (Lipinski definition) is 0. The lowest BCUT2D eigenvalue weighted by Gasteiger charge is -2.01. The number of thioether (sulfide) groups is 1. The van der Waals surface area contributed by atoms with Gasteiger partial charge in [0.2, 0.25) is 5.82 Å². The van der Waals surface area contributed by atoms with Gasteiger partial charge in [-0.2, -0.15) is 4.80 Å². The van der Waals surface area contributed by atoms with Gasteiger partial charge in [-0.25, -0.2) is 0 Å². The number of benzene rings is 2. The molecular formula is C15H12Cl2N4S. The van der Waals surface area contributed by atoms with E-state index in [1.165, 1.54) is 0 Å². The predicted molar refractivity (Wildman–Crippen MR) is 90.4 cm³/mol. The molecule has 0 aliphatic carbocycles. The van der Waals surface area contributed by atoms with E-state index in [1.807, 2.05) is 48.5 Å². The van der Waals surface area contributed by atoms with Gasteiger partial charge in [-0.1, -0.05) is 35.3 Å². The fraction of sp³-hybridized carbons (Fsp3) is 0.133. The Morgan fingerprint density at radius 2 is 1.77 bits per heavy atom. The van der Waals surface area contributed by atoms with Crippen molar-refractivity contribution in [1.82, 2.24) is 20.2 Å². The first-order chi connectivity index (χ1) is 10.7. The maximum Gasteiger partial charge on any atom is 0.206 e. The molecule has 0 aliphatic rings.